The molecule has 2 unspecified atom stereocenters. The van der Waals surface area contributed by atoms with Crippen LogP contribution in [0.25, 0.3) is 0 Å². The number of aliphatic hydroxyl groups is 2. The second-order valence-corrected chi connectivity index (χ2v) is 20.0. The third kappa shape index (κ3) is 54.6. The van der Waals surface area contributed by atoms with Gasteiger partial charge in [-0.1, -0.05) is 286 Å². The lowest BCUT2D eigenvalue weighted by Gasteiger charge is -2.19. The number of unbranched alkanes of at least 4 members (excludes halogenated alkanes) is 37. The Morgan fingerprint density at radius 2 is 0.627 bits per heavy atom. The molecule has 0 radical (unpaired) electrons. The fourth-order valence-corrected chi connectivity index (χ4v) is 8.87. The van der Waals surface area contributed by atoms with E-state index in [-0.39, 0.29) is 12.5 Å². The van der Waals surface area contributed by atoms with Crippen molar-refractivity contribution in [2.75, 3.05) is 6.61 Å². The van der Waals surface area contributed by atoms with Crippen LogP contribution in [0, 0.1) is 0 Å². The number of aliphatic hydroxyl groups excluding tert-OH is 2. The molecule has 0 bridgehead atoms. The van der Waals surface area contributed by atoms with Crippen molar-refractivity contribution >= 4 is 5.91 Å². The molecular formula is C63H115NO3. The zero-order valence-electron chi connectivity index (χ0n) is 44.9. The maximum atomic E-state index is 12.5. The molecule has 0 spiro atoms. The highest BCUT2D eigenvalue weighted by Gasteiger charge is 2.18. The van der Waals surface area contributed by atoms with Crippen LogP contribution >= 0.6 is 0 Å². The van der Waals surface area contributed by atoms with Crippen LogP contribution in [0.2, 0.25) is 0 Å². The lowest BCUT2D eigenvalue weighted by molar-refractivity contribution is -0.123. The average Bonchev–Trinajstić information content (AvgIpc) is 3.33. The van der Waals surface area contributed by atoms with Crippen LogP contribution in [0.4, 0.5) is 0 Å². The van der Waals surface area contributed by atoms with Crippen molar-refractivity contribution in [2.24, 2.45) is 0 Å². The van der Waals surface area contributed by atoms with Gasteiger partial charge in [-0.3, -0.25) is 4.79 Å². The lowest BCUT2D eigenvalue weighted by atomic mass is 10.0. The Labute approximate surface area is 419 Å². The Bertz CT molecular complexity index is 1150. The number of hydrogen-bond donors (Lipinski definition) is 3. The lowest BCUT2D eigenvalue weighted by Crippen LogP contribution is -2.45. The highest BCUT2D eigenvalue weighted by atomic mass is 16.3. The first-order valence-electron chi connectivity index (χ1n) is 29.7. The van der Waals surface area contributed by atoms with Gasteiger partial charge in [0.25, 0.3) is 0 Å². The minimum absolute atomic E-state index is 0.0752. The van der Waals surface area contributed by atoms with E-state index in [1.807, 2.05) is 6.08 Å². The molecule has 4 nitrogen and oxygen atoms in total. The third-order valence-corrected chi connectivity index (χ3v) is 13.4. The number of hydrogen-bond acceptors (Lipinski definition) is 3. The normalized spacial score (nSPS) is 13.3. The van der Waals surface area contributed by atoms with Crippen LogP contribution in [0.1, 0.15) is 303 Å². The molecule has 0 rings (SSSR count). The summed E-state index contributed by atoms with van der Waals surface area (Å²) in [6, 6.07) is -0.647. The maximum absolute atomic E-state index is 12.5. The highest BCUT2D eigenvalue weighted by molar-refractivity contribution is 5.76. The maximum Gasteiger partial charge on any atom is 0.220 e. The van der Waals surface area contributed by atoms with Gasteiger partial charge in [0, 0.05) is 6.42 Å². The van der Waals surface area contributed by atoms with E-state index >= 15 is 0 Å². The predicted molar refractivity (Wildman–Crippen MR) is 299 cm³/mol. The van der Waals surface area contributed by atoms with Crippen LogP contribution in [-0.2, 0) is 4.79 Å². The summed E-state index contributed by atoms with van der Waals surface area (Å²) in [6.45, 7) is 4.29. The van der Waals surface area contributed by atoms with E-state index in [1.165, 1.54) is 231 Å². The summed E-state index contributed by atoms with van der Waals surface area (Å²) in [5, 5.41) is 23.1. The standard InChI is InChI=1S/C63H115NO3/c1-3-5-7-9-11-13-15-17-19-21-23-24-25-26-27-28-29-30-31-32-33-34-35-36-37-38-39-40-41-43-45-47-49-51-53-55-57-59-63(67)64-61(60-65)62(66)58-56-54-52-50-48-46-44-42-22-20-18-16-14-12-10-8-6-4-2/h15,17,21-23,25-26,42,48,50,56,58,61-62,65-66H,3-14,16,18-20,24,27-41,43-47,49,51-55,57,59-60H2,1-2H3,(H,64,67)/b17-15-,23-21-,26-25-,42-22+,50-48+,58-56+. The van der Waals surface area contributed by atoms with Crippen LogP contribution in [-0.4, -0.2) is 34.9 Å². The molecule has 1 amide bonds. The summed E-state index contributed by atoms with van der Waals surface area (Å²) < 4.78 is 0. The van der Waals surface area contributed by atoms with Gasteiger partial charge in [0.05, 0.1) is 18.8 Å². The number of carbonyl (C=O) groups excluding carboxylic acids is 1. The zero-order valence-corrected chi connectivity index (χ0v) is 44.9. The molecule has 2 atom stereocenters. The quantitative estimate of drug-likeness (QED) is 0.0420. The molecule has 0 aliphatic heterocycles. The minimum Gasteiger partial charge on any atom is -0.394 e. The van der Waals surface area contributed by atoms with Gasteiger partial charge < -0.3 is 15.5 Å². The summed E-state index contributed by atoms with van der Waals surface area (Å²) in [7, 11) is 0. The first-order valence-corrected chi connectivity index (χ1v) is 29.7. The van der Waals surface area contributed by atoms with Crippen molar-refractivity contribution < 1.29 is 15.0 Å². The fraction of sp³-hybridized carbons (Fsp3) is 0.794. The molecule has 0 heterocycles. The van der Waals surface area contributed by atoms with E-state index in [1.54, 1.807) is 6.08 Å². The Balaban J connectivity index is 3.48. The van der Waals surface area contributed by atoms with Gasteiger partial charge in [-0.2, -0.15) is 0 Å². The smallest absolute Gasteiger partial charge is 0.220 e. The van der Waals surface area contributed by atoms with E-state index in [9.17, 15) is 15.0 Å². The first kappa shape index (κ1) is 64.8. The van der Waals surface area contributed by atoms with Crippen LogP contribution in [0.15, 0.2) is 72.9 Å². The average molecular weight is 935 g/mol. The second kappa shape index (κ2) is 58.1. The van der Waals surface area contributed by atoms with E-state index in [0.29, 0.717) is 6.42 Å². The fourth-order valence-electron chi connectivity index (χ4n) is 8.87. The molecule has 0 aliphatic rings. The van der Waals surface area contributed by atoms with Crippen molar-refractivity contribution in [3.05, 3.63) is 72.9 Å². The van der Waals surface area contributed by atoms with Gasteiger partial charge in [-0.25, -0.2) is 0 Å². The van der Waals surface area contributed by atoms with E-state index < -0.39 is 12.1 Å². The van der Waals surface area contributed by atoms with Gasteiger partial charge in [0.1, 0.15) is 0 Å². The Morgan fingerprint density at radius 3 is 0.970 bits per heavy atom. The SMILES string of the molecule is CCCCCCC/C=C\C/C=C\C/C=C\CCCCCCCCCCCCCCCCCCCCCCCCC(=O)NC(CO)C(O)/C=C/CC/C=C/CC/C=C/CCCCCCCCCC. The molecular weight excluding hydrogens is 819 g/mol. The molecule has 0 aliphatic carbocycles. The largest absolute Gasteiger partial charge is 0.394 e. The summed E-state index contributed by atoms with van der Waals surface area (Å²) in [5.74, 6) is -0.0752. The summed E-state index contributed by atoms with van der Waals surface area (Å²) in [6.07, 6.45) is 83.7. The van der Waals surface area contributed by atoms with Crippen LogP contribution in [0.5, 0.6) is 0 Å². The van der Waals surface area contributed by atoms with E-state index in [0.717, 1.165) is 51.4 Å². The van der Waals surface area contributed by atoms with Gasteiger partial charge in [-0.15, -0.1) is 0 Å². The van der Waals surface area contributed by atoms with Crippen LogP contribution < -0.4 is 5.32 Å². The molecule has 3 N–H and O–H groups in total. The first-order chi connectivity index (χ1) is 33.2. The summed E-state index contributed by atoms with van der Waals surface area (Å²) >= 11 is 0. The molecule has 0 fully saturated rings. The number of rotatable bonds is 54. The summed E-state index contributed by atoms with van der Waals surface area (Å²) in [4.78, 5) is 12.5. The molecule has 4 heteroatoms. The zero-order chi connectivity index (χ0) is 48.5. The Hall–Kier alpha value is -2.17. The molecule has 0 saturated carbocycles. The molecule has 390 valence electrons. The van der Waals surface area contributed by atoms with Crippen LogP contribution in [0.3, 0.4) is 0 Å². The van der Waals surface area contributed by atoms with Gasteiger partial charge in [0.15, 0.2) is 0 Å². The number of allylic oxidation sites excluding steroid dienone is 11. The van der Waals surface area contributed by atoms with Crippen molar-refractivity contribution in [3.8, 4) is 0 Å². The molecule has 67 heavy (non-hydrogen) atoms. The number of amides is 1. The number of carbonyl (C=O) groups is 1. The third-order valence-electron chi connectivity index (χ3n) is 13.4. The second-order valence-electron chi connectivity index (χ2n) is 20.0. The predicted octanol–water partition coefficient (Wildman–Crippen LogP) is 19.8. The Morgan fingerprint density at radius 1 is 0.358 bits per heavy atom. The van der Waals surface area contributed by atoms with Crippen molar-refractivity contribution in [1.82, 2.24) is 5.32 Å². The summed E-state index contributed by atoms with van der Waals surface area (Å²) in [5.41, 5.74) is 0. The van der Waals surface area contributed by atoms with Gasteiger partial charge in [-0.05, 0) is 83.5 Å². The van der Waals surface area contributed by atoms with E-state index in [4.69, 9.17) is 0 Å². The van der Waals surface area contributed by atoms with E-state index in [2.05, 4.69) is 79.9 Å². The topological polar surface area (TPSA) is 69.6 Å². The molecule has 0 aromatic carbocycles. The highest BCUT2D eigenvalue weighted by Crippen LogP contribution is 2.17. The van der Waals surface area contributed by atoms with Gasteiger partial charge in [0.2, 0.25) is 5.91 Å². The van der Waals surface area contributed by atoms with Crippen molar-refractivity contribution in [2.45, 2.75) is 315 Å². The molecule has 0 aromatic heterocycles. The Kier molecular flexibility index (Phi) is 56.3. The van der Waals surface area contributed by atoms with Crippen molar-refractivity contribution in [1.29, 1.82) is 0 Å². The molecule has 0 saturated heterocycles. The molecule has 0 aromatic rings. The van der Waals surface area contributed by atoms with Gasteiger partial charge >= 0.3 is 0 Å². The van der Waals surface area contributed by atoms with Crippen molar-refractivity contribution in [3.63, 3.8) is 0 Å². The number of nitrogens with one attached hydrogen (secondary N) is 1. The monoisotopic (exact) mass is 934 g/mol. The minimum atomic E-state index is -0.872.